The van der Waals surface area contributed by atoms with E-state index in [2.05, 4.69) is 31.8 Å². The number of nitrogens with zero attached hydrogens (tertiary/aromatic N) is 4. The molecular formula is C20H26N6O3S2. The Labute approximate surface area is 189 Å². The highest BCUT2D eigenvalue weighted by Crippen LogP contribution is 2.35. The number of thiazole rings is 1. The number of thioether (sulfide) groups is 1. The van der Waals surface area contributed by atoms with Gasteiger partial charge in [-0.05, 0) is 19.8 Å². The van der Waals surface area contributed by atoms with Crippen LogP contribution in [0.3, 0.4) is 0 Å². The fraction of sp³-hybridized carbons (Fsp3) is 0.600. The molecule has 0 atom stereocenters. The molecule has 2 N–H and O–H groups in total. The molecule has 0 aliphatic heterocycles. The molecule has 9 nitrogen and oxygen atoms in total. The predicted molar refractivity (Wildman–Crippen MR) is 118 cm³/mol. The van der Waals surface area contributed by atoms with E-state index in [1.54, 1.807) is 0 Å². The van der Waals surface area contributed by atoms with Crippen molar-refractivity contribution in [1.29, 1.82) is 5.26 Å². The van der Waals surface area contributed by atoms with E-state index in [1.165, 1.54) is 30.0 Å². The van der Waals surface area contributed by atoms with E-state index in [-0.39, 0.29) is 18.2 Å². The number of carbonyl (C=O) groups excluding carboxylic acids is 2. The molecule has 1 aliphatic rings. The molecule has 1 saturated carbocycles. The van der Waals surface area contributed by atoms with Crippen molar-refractivity contribution in [3.8, 4) is 6.07 Å². The van der Waals surface area contributed by atoms with Gasteiger partial charge in [0, 0.05) is 19.8 Å². The number of nitrogens with one attached hydrogen (secondary N) is 2. The van der Waals surface area contributed by atoms with E-state index < -0.39 is 5.54 Å². The number of nitriles is 1. The number of hydrogen-bond acceptors (Lipinski definition) is 9. The van der Waals surface area contributed by atoms with Gasteiger partial charge in [0.15, 0.2) is 11.0 Å². The molecule has 0 aromatic carbocycles. The van der Waals surface area contributed by atoms with Crippen LogP contribution >= 0.6 is 23.1 Å². The molecule has 2 amide bonds. The van der Waals surface area contributed by atoms with Crippen LogP contribution in [0.2, 0.25) is 0 Å². The molecule has 0 spiro atoms. The second-order valence-electron chi connectivity index (χ2n) is 7.58. The smallest absolute Gasteiger partial charge is 0.227 e. The minimum Gasteiger partial charge on any atom is -0.343 e. The van der Waals surface area contributed by atoms with E-state index >= 15 is 0 Å². The first-order valence-electron chi connectivity index (χ1n) is 10.3. The molecule has 3 rings (SSSR count). The lowest BCUT2D eigenvalue weighted by molar-refractivity contribution is -0.121. The van der Waals surface area contributed by atoms with E-state index in [9.17, 15) is 9.59 Å². The van der Waals surface area contributed by atoms with E-state index in [0.29, 0.717) is 29.0 Å². The van der Waals surface area contributed by atoms with Crippen molar-refractivity contribution >= 4 is 40.0 Å². The molecule has 0 saturated heterocycles. The average Bonchev–Trinajstić information content (AvgIpc) is 3.26. The molecule has 0 bridgehead atoms. The maximum absolute atomic E-state index is 12.3. The molecule has 11 heteroatoms. The summed E-state index contributed by atoms with van der Waals surface area (Å²) in [5, 5.41) is 19.2. The SMILES string of the molecule is CC(=O)NC1(c2noc(CCC(=O)Nc3nc(C)c(SCC#N)s3)n2)CCCCCC1. The Morgan fingerprint density at radius 2 is 2.00 bits per heavy atom. The lowest BCUT2D eigenvalue weighted by Crippen LogP contribution is -2.45. The van der Waals surface area contributed by atoms with E-state index in [4.69, 9.17) is 9.78 Å². The van der Waals surface area contributed by atoms with Crippen molar-refractivity contribution < 1.29 is 14.1 Å². The molecular weight excluding hydrogens is 436 g/mol. The summed E-state index contributed by atoms with van der Waals surface area (Å²) < 4.78 is 6.32. The molecule has 1 fully saturated rings. The van der Waals surface area contributed by atoms with Gasteiger partial charge in [-0.25, -0.2) is 4.98 Å². The number of aromatic nitrogens is 3. The zero-order valence-electron chi connectivity index (χ0n) is 17.7. The van der Waals surface area contributed by atoms with Crippen LogP contribution in [0.1, 0.15) is 69.3 Å². The van der Waals surface area contributed by atoms with Gasteiger partial charge in [-0.3, -0.25) is 9.59 Å². The second-order valence-corrected chi connectivity index (χ2v) is 9.82. The molecule has 1 aliphatic carbocycles. The number of amides is 2. The molecule has 31 heavy (non-hydrogen) atoms. The van der Waals surface area contributed by atoms with Crippen LogP contribution in [0.4, 0.5) is 5.13 Å². The maximum atomic E-state index is 12.3. The Hall–Kier alpha value is -2.45. The third kappa shape index (κ3) is 6.27. The van der Waals surface area contributed by atoms with Crippen LogP contribution < -0.4 is 10.6 Å². The summed E-state index contributed by atoms with van der Waals surface area (Å²) >= 11 is 2.76. The monoisotopic (exact) mass is 462 g/mol. The topological polar surface area (TPSA) is 134 Å². The molecule has 2 heterocycles. The van der Waals surface area contributed by atoms with Crippen LogP contribution in [0, 0.1) is 18.3 Å². The third-order valence-corrected chi connectivity index (χ3v) is 7.40. The van der Waals surface area contributed by atoms with Gasteiger partial charge in [0.2, 0.25) is 17.7 Å². The minimum atomic E-state index is -0.595. The lowest BCUT2D eigenvalue weighted by atomic mass is 9.89. The molecule has 2 aromatic heterocycles. The van der Waals surface area contributed by atoms with Gasteiger partial charge in [-0.2, -0.15) is 10.2 Å². The quantitative estimate of drug-likeness (QED) is 0.448. The van der Waals surface area contributed by atoms with Gasteiger partial charge in [-0.1, -0.05) is 53.9 Å². The number of rotatable bonds is 8. The largest absolute Gasteiger partial charge is 0.343 e. The van der Waals surface area contributed by atoms with Gasteiger partial charge in [-0.15, -0.1) is 0 Å². The number of anilines is 1. The van der Waals surface area contributed by atoms with Gasteiger partial charge >= 0.3 is 0 Å². The van der Waals surface area contributed by atoms with Crippen LogP contribution in [-0.4, -0.2) is 32.7 Å². The van der Waals surface area contributed by atoms with Gasteiger partial charge in [0.25, 0.3) is 0 Å². The normalized spacial score (nSPS) is 15.6. The molecule has 0 unspecified atom stereocenters. The molecule has 166 valence electrons. The predicted octanol–water partition coefficient (Wildman–Crippen LogP) is 3.71. The highest BCUT2D eigenvalue weighted by Gasteiger charge is 2.38. The van der Waals surface area contributed by atoms with Gasteiger partial charge < -0.3 is 15.2 Å². The van der Waals surface area contributed by atoms with Crippen LogP contribution in [0.15, 0.2) is 8.73 Å². The van der Waals surface area contributed by atoms with Crippen molar-refractivity contribution in [2.24, 2.45) is 0 Å². The summed E-state index contributed by atoms with van der Waals surface area (Å²) in [6, 6.07) is 2.08. The van der Waals surface area contributed by atoms with E-state index in [1.807, 2.05) is 6.92 Å². The summed E-state index contributed by atoms with van der Waals surface area (Å²) in [6.45, 7) is 3.35. The summed E-state index contributed by atoms with van der Waals surface area (Å²) in [5.41, 5.74) is 0.205. The zero-order valence-corrected chi connectivity index (χ0v) is 19.3. The number of carbonyl (C=O) groups is 2. The first-order chi connectivity index (χ1) is 14.9. The summed E-state index contributed by atoms with van der Waals surface area (Å²) in [5.74, 6) is 0.903. The first-order valence-corrected chi connectivity index (χ1v) is 12.1. The Bertz CT molecular complexity index is 957. The Morgan fingerprint density at radius 1 is 1.26 bits per heavy atom. The van der Waals surface area contributed by atoms with Crippen molar-refractivity contribution in [1.82, 2.24) is 20.4 Å². The van der Waals surface area contributed by atoms with Gasteiger partial charge in [0.05, 0.1) is 21.7 Å². The van der Waals surface area contributed by atoms with Crippen LogP contribution in [-0.2, 0) is 21.5 Å². The highest BCUT2D eigenvalue weighted by atomic mass is 32.2. The van der Waals surface area contributed by atoms with Crippen LogP contribution in [0.25, 0.3) is 0 Å². The molecule has 0 radical (unpaired) electrons. The second kappa shape index (κ2) is 10.7. The summed E-state index contributed by atoms with van der Waals surface area (Å²) in [6.07, 6.45) is 6.27. The fourth-order valence-electron chi connectivity index (χ4n) is 3.69. The van der Waals surface area contributed by atoms with Crippen molar-refractivity contribution in [3.63, 3.8) is 0 Å². The maximum Gasteiger partial charge on any atom is 0.227 e. The lowest BCUT2D eigenvalue weighted by Gasteiger charge is -2.30. The van der Waals surface area contributed by atoms with Crippen molar-refractivity contribution in [2.75, 3.05) is 11.1 Å². The minimum absolute atomic E-state index is 0.112. The average molecular weight is 463 g/mol. The van der Waals surface area contributed by atoms with Crippen molar-refractivity contribution in [2.45, 2.75) is 75.0 Å². The summed E-state index contributed by atoms with van der Waals surface area (Å²) in [7, 11) is 0. The van der Waals surface area contributed by atoms with Gasteiger partial charge in [0.1, 0.15) is 5.54 Å². The number of aryl methyl sites for hydroxylation is 2. The Balaban J connectivity index is 1.59. The van der Waals surface area contributed by atoms with Crippen LogP contribution in [0.5, 0.6) is 0 Å². The Morgan fingerprint density at radius 3 is 2.68 bits per heavy atom. The standard InChI is InChI=1S/C20H26N6O3S2/c1-13-17(30-12-11-21)31-19(22-13)23-15(28)7-8-16-24-18(26-29-16)20(25-14(2)27)9-5-3-4-6-10-20/h3-10,12H2,1-2H3,(H,25,27)(H,22,23,28). The first kappa shape index (κ1) is 23.2. The third-order valence-electron chi connectivity index (χ3n) is 5.10. The Kier molecular flexibility index (Phi) is 8.03. The zero-order chi connectivity index (χ0) is 22.3. The summed E-state index contributed by atoms with van der Waals surface area (Å²) in [4.78, 5) is 33.0. The van der Waals surface area contributed by atoms with E-state index in [0.717, 1.165) is 48.4 Å². The highest BCUT2D eigenvalue weighted by molar-refractivity contribution is 8.01. The molecule has 2 aromatic rings. The van der Waals surface area contributed by atoms with Crippen molar-refractivity contribution in [3.05, 3.63) is 17.4 Å². The fourth-order valence-corrected chi connectivity index (χ4v) is 5.51. The number of hydrogen-bond donors (Lipinski definition) is 2.